The fraction of sp³-hybridized carbons (Fsp3) is 0.440. The lowest BCUT2D eigenvalue weighted by Crippen LogP contribution is -2.52. The first kappa shape index (κ1) is 22.9. The maximum Gasteiger partial charge on any atom is 0.412 e. The van der Waals surface area contributed by atoms with Gasteiger partial charge in [-0.25, -0.2) is 4.79 Å². The van der Waals surface area contributed by atoms with Gasteiger partial charge in [-0.1, -0.05) is 18.2 Å². The summed E-state index contributed by atoms with van der Waals surface area (Å²) in [5.41, 5.74) is -0.172. The van der Waals surface area contributed by atoms with E-state index >= 15 is 0 Å². The zero-order valence-corrected chi connectivity index (χ0v) is 19.6. The molecule has 8 heteroatoms. The summed E-state index contributed by atoms with van der Waals surface area (Å²) in [5, 5.41) is 0. The third kappa shape index (κ3) is 4.48. The summed E-state index contributed by atoms with van der Waals surface area (Å²) in [7, 11) is 0. The third-order valence-corrected chi connectivity index (χ3v) is 5.76. The maximum atomic E-state index is 13.2. The molecular weight excluding hydrogens is 422 g/mol. The van der Waals surface area contributed by atoms with Crippen molar-refractivity contribution in [2.45, 2.75) is 64.5 Å². The Morgan fingerprint density at radius 1 is 1.06 bits per heavy atom. The highest BCUT2D eigenvalue weighted by atomic mass is 16.6. The second-order valence-electron chi connectivity index (χ2n) is 9.81. The molecule has 1 saturated heterocycles. The van der Waals surface area contributed by atoms with Crippen molar-refractivity contribution in [1.29, 1.82) is 0 Å². The lowest BCUT2D eigenvalue weighted by Gasteiger charge is -2.35. The molecule has 2 atom stereocenters. The van der Waals surface area contributed by atoms with Crippen LogP contribution in [0.2, 0.25) is 0 Å². The quantitative estimate of drug-likeness (QED) is 0.659. The Labute approximate surface area is 193 Å². The van der Waals surface area contributed by atoms with Crippen molar-refractivity contribution in [3.63, 3.8) is 0 Å². The number of ether oxygens (including phenoxy) is 2. The average Bonchev–Trinajstić information content (AvgIpc) is 3.12. The van der Waals surface area contributed by atoms with Crippen molar-refractivity contribution in [3.05, 3.63) is 65.5 Å². The van der Waals surface area contributed by atoms with Gasteiger partial charge in [0.05, 0.1) is 29.8 Å². The topological polar surface area (TPSA) is 89.0 Å². The van der Waals surface area contributed by atoms with E-state index in [0.717, 1.165) is 5.69 Å². The van der Waals surface area contributed by atoms with Crippen molar-refractivity contribution in [2.75, 3.05) is 6.54 Å². The Morgan fingerprint density at radius 2 is 1.67 bits per heavy atom. The van der Waals surface area contributed by atoms with Gasteiger partial charge in [0.15, 0.2) is 0 Å². The molecule has 0 bridgehead atoms. The van der Waals surface area contributed by atoms with Crippen LogP contribution in [0.1, 0.15) is 61.0 Å². The monoisotopic (exact) mass is 451 g/mol. The summed E-state index contributed by atoms with van der Waals surface area (Å²) in [6.07, 6.45) is 0.944. The zero-order valence-electron chi connectivity index (χ0n) is 19.6. The van der Waals surface area contributed by atoms with E-state index in [1.54, 1.807) is 70.0 Å². The first-order valence-corrected chi connectivity index (χ1v) is 11.0. The van der Waals surface area contributed by atoms with Gasteiger partial charge in [0.25, 0.3) is 11.8 Å². The minimum atomic E-state index is -1.01. The Kier molecular flexibility index (Phi) is 5.74. The predicted octanol–water partition coefficient (Wildman–Crippen LogP) is 3.66. The van der Waals surface area contributed by atoms with Crippen molar-refractivity contribution in [2.24, 2.45) is 0 Å². The first-order chi connectivity index (χ1) is 15.5. The largest absolute Gasteiger partial charge is 0.444 e. The highest BCUT2D eigenvalue weighted by Crippen LogP contribution is 2.36. The van der Waals surface area contributed by atoms with E-state index < -0.39 is 29.6 Å². The molecule has 2 aliphatic rings. The number of carbonyl (C=O) groups excluding carboxylic acids is 3. The maximum absolute atomic E-state index is 13.2. The zero-order chi connectivity index (χ0) is 24.0. The molecule has 1 aromatic carbocycles. The van der Waals surface area contributed by atoms with E-state index in [-0.39, 0.29) is 18.4 Å². The van der Waals surface area contributed by atoms with Crippen LogP contribution in [0.25, 0.3) is 0 Å². The van der Waals surface area contributed by atoms with Crippen molar-refractivity contribution in [3.8, 4) is 0 Å². The molecule has 0 saturated carbocycles. The van der Waals surface area contributed by atoms with Crippen LogP contribution >= 0.6 is 0 Å². The normalized spacial score (nSPS) is 22.0. The van der Waals surface area contributed by atoms with E-state index in [9.17, 15) is 14.4 Å². The number of imide groups is 1. The molecule has 0 aliphatic carbocycles. The highest BCUT2D eigenvalue weighted by Gasteiger charge is 2.53. The van der Waals surface area contributed by atoms with E-state index in [4.69, 9.17) is 9.47 Å². The fourth-order valence-corrected chi connectivity index (χ4v) is 4.44. The molecule has 33 heavy (non-hydrogen) atoms. The van der Waals surface area contributed by atoms with Crippen LogP contribution in [0.3, 0.4) is 0 Å². The van der Waals surface area contributed by atoms with Crippen LogP contribution in [0.15, 0.2) is 48.7 Å². The SMILES string of the molecule is CC(C)(C)OC(=O)N1[C@H](Cc2ccccn2)[C@@H](CN2C(=O)c3ccccc3C2=O)OC1(C)C. The van der Waals surface area contributed by atoms with Gasteiger partial charge in [0.1, 0.15) is 11.3 Å². The van der Waals surface area contributed by atoms with Gasteiger partial charge >= 0.3 is 6.09 Å². The van der Waals surface area contributed by atoms with Gasteiger partial charge in [0, 0.05) is 18.3 Å². The summed E-state index contributed by atoms with van der Waals surface area (Å²) < 4.78 is 12.0. The van der Waals surface area contributed by atoms with Gasteiger partial charge in [-0.3, -0.25) is 24.4 Å². The molecule has 1 aromatic heterocycles. The van der Waals surface area contributed by atoms with Gasteiger partial charge in [-0.15, -0.1) is 0 Å². The lowest BCUT2D eigenvalue weighted by atomic mass is 10.0. The Bertz CT molecular complexity index is 1040. The van der Waals surface area contributed by atoms with E-state index in [1.807, 2.05) is 18.2 Å². The third-order valence-electron chi connectivity index (χ3n) is 5.76. The standard InChI is InChI=1S/C25H29N3O5/c1-24(2,3)33-23(31)28-19(14-16-10-8-9-13-26-16)20(32-25(28,4)5)15-27-21(29)17-11-6-7-12-18(17)22(27)30/h6-13,19-20H,14-15H2,1-5H3/t19-,20-/m1/s1. The Hall–Kier alpha value is -3.26. The molecule has 0 spiro atoms. The first-order valence-electron chi connectivity index (χ1n) is 11.0. The summed E-state index contributed by atoms with van der Waals surface area (Å²) in [4.78, 5) is 46.3. The van der Waals surface area contributed by atoms with Crippen molar-refractivity contribution < 1.29 is 23.9 Å². The predicted molar refractivity (Wildman–Crippen MR) is 121 cm³/mol. The van der Waals surface area contributed by atoms with Crippen LogP contribution in [-0.2, 0) is 15.9 Å². The molecule has 1 fully saturated rings. The van der Waals surface area contributed by atoms with Crippen LogP contribution < -0.4 is 0 Å². The van der Waals surface area contributed by atoms with E-state index in [1.165, 1.54) is 4.90 Å². The molecular formula is C25H29N3O5. The number of pyridine rings is 1. The molecule has 3 heterocycles. The van der Waals surface area contributed by atoms with Crippen LogP contribution in [-0.4, -0.2) is 62.7 Å². The van der Waals surface area contributed by atoms with E-state index in [0.29, 0.717) is 17.5 Å². The molecule has 0 N–H and O–H groups in total. The van der Waals surface area contributed by atoms with Crippen molar-refractivity contribution >= 4 is 17.9 Å². The number of amides is 3. The van der Waals surface area contributed by atoms with Gasteiger partial charge in [-0.05, 0) is 58.9 Å². The van der Waals surface area contributed by atoms with Gasteiger partial charge in [0.2, 0.25) is 0 Å². The molecule has 0 unspecified atom stereocenters. The summed E-state index contributed by atoms with van der Waals surface area (Å²) in [6, 6.07) is 11.8. The number of hydrogen-bond acceptors (Lipinski definition) is 6. The number of nitrogens with zero attached hydrogens (tertiary/aromatic N) is 3. The minimum Gasteiger partial charge on any atom is -0.444 e. The number of benzene rings is 1. The summed E-state index contributed by atoms with van der Waals surface area (Å²) in [6.45, 7) is 9.00. The van der Waals surface area contributed by atoms with Crippen LogP contribution in [0.4, 0.5) is 4.79 Å². The number of fused-ring (bicyclic) bond motifs is 1. The summed E-state index contributed by atoms with van der Waals surface area (Å²) >= 11 is 0. The van der Waals surface area contributed by atoms with Crippen LogP contribution in [0.5, 0.6) is 0 Å². The number of aromatic nitrogens is 1. The molecule has 0 radical (unpaired) electrons. The van der Waals surface area contributed by atoms with Crippen LogP contribution in [0, 0.1) is 0 Å². The summed E-state index contributed by atoms with van der Waals surface area (Å²) in [5.74, 6) is -0.714. The van der Waals surface area contributed by atoms with Crippen molar-refractivity contribution in [1.82, 2.24) is 14.8 Å². The second-order valence-corrected chi connectivity index (χ2v) is 9.81. The Balaban J connectivity index is 1.65. The molecule has 4 rings (SSSR count). The molecule has 2 aliphatic heterocycles. The van der Waals surface area contributed by atoms with Gasteiger partial charge in [-0.2, -0.15) is 0 Å². The molecule has 8 nitrogen and oxygen atoms in total. The average molecular weight is 452 g/mol. The molecule has 174 valence electrons. The smallest absolute Gasteiger partial charge is 0.412 e. The highest BCUT2D eigenvalue weighted by molar-refractivity contribution is 6.21. The number of rotatable bonds is 4. The molecule has 3 amide bonds. The minimum absolute atomic E-state index is 0.0204. The van der Waals surface area contributed by atoms with Gasteiger partial charge < -0.3 is 9.47 Å². The lowest BCUT2D eigenvalue weighted by molar-refractivity contribution is -0.0809. The van der Waals surface area contributed by atoms with E-state index in [2.05, 4.69) is 4.98 Å². The number of carbonyl (C=O) groups is 3. The Morgan fingerprint density at radius 3 is 2.21 bits per heavy atom. The second kappa shape index (κ2) is 8.26. The fourth-order valence-electron chi connectivity index (χ4n) is 4.44. The molecule has 2 aromatic rings. The number of hydrogen-bond donors (Lipinski definition) is 0.